The van der Waals surface area contributed by atoms with Crippen LogP contribution in [0.3, 0.4) is 0 Å². The minimum Gasteiger partial charge on any atom is -0.467 e. The highest BCUT2D eigenvalue weighted by atomic mass is 32.1. The average Bonchev–Trinajstić information content (AvgIpc) is 3.35. The van der Waals surface area contributed by atoms with E-state index in [-0.39, 0.29) is 5.91 Å². The zero-order valence-electron chi connectivity index (χ0n) is 15.0. The number of furan rings is 1. The van der Waals surface area contributed by atoms with Crippen molar-refractivity contribution in [1.82, 2.24) is 20.0 Å². The van der Waals surface area contributed by atoms with Gasteiger partial charge in [0.2, 0.25) is 0 Å². The molecule has 0 atom stereocenters. The van der Waals surface area contributed by atoms with Crippen LogP contribution in [-0.4, -0.2) is 25.7 Å². The Labute approximate surface area is 162 Å². The first-order valence-electron chi connectivity index (χ1n) is 8.53. The first-order valence-corrected chi connectivity index (χ1v) is 8.94. The van der Waals surface area contributed by atoms with Crippen molar-refractivity contribution in [3.05, 3.63) is 77.1 Å². The summed E-state index contributed by atoms with van der Waals surface area (Å²) in [5.41, 5.74) is 4.11. The van der Waals surface area contributed by atoms with Gasteiger partial charge >= 0.3 is 0 Å². The van der Waals surface area contributed by atoms with Gasteiger partial charge in [0.1, 0.15) is 11.5 Å². The molecule has 1 aliphatic rings. The van der Waals surface area contributed by atoms with Gasteiger partial charge in [-0.3, -0.25) is 9.69 Å². The monoisotopic (exact) mass is 378 g/mol. The second kappa shape index (κ2) is 6.85. The lowest BCUT2D eigenvalue weighted by Gasteiger charge is -2.11. The predicted octanol–water partition coefficient (Wildman–Crippen LogP) is 3.34. The SMILES string of the molecule is Cc1nn(-c2ccccc2)c(C)c1/C=C1/NC(=S)N(Cc2ccco2)C1=O. The van der Waals surface area contributed by atoms with E-state index in [0.717, 1.165) is 22.6 Å². The summed E-state index contributed by atoms with van der Waals surface area (Å²) in [6.45, 7) is 4.21. The first-order chi connectivity index (χ1) is 13.0. The van der Waals surface area contributed by atoms with Gasteiger partial charge in [-0.1, -0.05) is 18.2 Å². The molecule has 27 heavy (non-hydrogen) atoms. The number of nitrogens with zero attached hydrogens (tertiary/aromatic N) is 3. The molecule has 0 unspecified atom stereocenters. The van der Waals surface area contributed by atoms with Gasteiger partial charge in [-0.05, 0) is 56.4 Å². The van der Waals surface area contributed by atoms with Crippen LogP contribution in [-0.2, 0) is 11.3 Å². The maximum absolute atomic E-state index is 12.8. The van der Waals surface area contributed by atoms with Crippen molar-refractivity contribution >= 4 is 29.3 Å². The molecule has 0 saturated carbocycles. The van der Waals surface area contributed by atoms with E-state index in [2.05, 4.69) is 10.4 Å². The molecule has 7 heteroatoms. The van der Waals surface area contributed by atoms with Crippen LogP contribution in [0.4, 0.5) is 0 Å². The molecule has 1 aliphatic heterocycles. The van der Waals surface area contributed by atoms with E-state index in [1.807, 2.05) is 61.0 Å². The molecule has 6 nitrogen and oxygen atoms in total. The Kier molecular flexibility index (Phi) is 4.37. The van der Waals surface area contributed by atoms with Gasteiger partial charge in [-0.15, -0.1) is 0 Å². The quantitative estimate of drug-likeness (QED) is 0.557. The van der Waals surface area contributed by atoms with E-state index < -0.39 is 0 Å². The fourth-order valence-electron chi connectivity index (χ4n) is 3.10. The summed E-state index contributed by atoms with van der Waals surface area (Å²) < 4.78 is 7.20. The molecule has 1 saturated heterocycles. The summed E-state index contributed by atoms with van der Waals surface area (Å²) in [6.07, 6.45) is 3.39. The standard InChI is InChI=1S/C20H18N4O2S/c1-13-17(14(2)24(22-13)15-7-4-3-5-8-15)11-18-19(25)23(20(27)21-18)12-16-9-6-10-26-16/h3-11H,12H2,1-2H3,(H,21,27)/b18-11+. The number of rotatable bonds is 4. The number of amides is 1. The summed E-state index contributed by atoms with van der Waals surface area (Å²) in [5.74, 6) is 0.501. The Morgan fingerprint density at radius 3 is 2.67 bits per heavy atom. The van der Waals surface area contributed by atoms with Crippen molar-refractivity contribution < 1.29 is 9.21 Å². The average molecular weight is 378 g/mol. The number of carbonyl (C=O) groups is 1. The Balaban J connectivity index is 1.65. The van der Waals surface area contributed by atoms with Crippen LogP contribution in [0, 0.1) is 13.8 Å². The molecule has 0 spiro atoms. The molecule has 1 fully saturated rings. The van der Waals surface area contributed by atoms with Crippen molar-refractivity contribution in [1.29, 1.82) is 0 Å². The van der Waals surface area contributed by atoms with E-state index in [0.29, 0.717) is 23.1 Å². The molecule has 2 aromatic heterocycles. The molecule has 1 aromatic carbocycles. The van der Waals surface area contributed by atoms with E-state index in [4.69, 9.17) is 16.6 Å². The molecule has 3 heterocycles. The normalized spacial score (nSPS) is 15.6. The molecular formula is C20H18N4O2S. The number of hydrogen-bond donors (Lipinski definition) is 1. The number of carbonyl (C=O) groups excluding carboxylic acids is 1. The third kappa shape index (κ3) is 3.17. The first kappa shape index (κ1) is 17.2. The molecule has 3 aromatic rings. The fraction of sp³-hybridized carbons (Fsp3) is 0.150. The van der Waals surface area contributed by atoms with Crippen molar-refractivity contribution in [2.75, 3.05) is 0 Å². The molecule has 0 aliphatic carbocycles. The largest absolute Gasteiger partial charge is 0.467 e. The number of hydrogen-bond acceptors (Lipinski definition) is 4. The zero-order valence-corrected chi connectivity index (χ0v) is 15.8. The molecular weight excluding hydrogens is 360 g/mol. The second-order valence-corrected chi connectivity index (χ2v) is 6.68. The van der Waals surface area contributed by atoms with E-state index in [1.165, 1.54) is 4.90 Å². The Bertz CT molecular complexity index is 1040. The van der Waals surface area contributed by atoms with Crippen molar-refractivity contribution in [3.63, 3.8) is 0 Å². The number of thiocarbonyl (C=S) groups is 1. The van der Waals surface area contributed by atoms with E-state index in [1.54, 1.807) is 12.3 Å². The van der Waals surface area contributed by atoms with Gasteiger partial charge < -0.3 is 9.73 Å². The summed E-state index contributed by atoms with van der Waals surface area (Å²) >= 11 is 5.32. The van der Waals surface area contributed by atoms with Gasteiger partial charge in [-0.25, -0.2) is 4.68 Å². The molecule has 1 amide bonds. The lowest BCUT2D eigenvalue weighted by atomic mass is 10.1. The summed E-state index contributed by atoms with van der Waals surface area (Å²) in [6, 6.07) is 13.5. The number of para-hydroxylation sites is 1. The highest BCUT2D eigenvalue weighted by Crippen LogP contribution is 2.23. The minimum absolute atomic E-state index is 0.178. The van der Waals surface area contributed by atoms with Gasteiger partial charge in [0.25, 0.3) is 5.91 Å². The van der Waals surface area contributed by atoms with Crippen LogP contribution in [0.15, 0.2) is 58.8 Å². The minimum atomic E-state index is -0.178. The number of aryl methyl sites for hydroxylation is 1. The summed E-state index contributed by atoms with van der Waals surface area (Å²) in [7, 11) is 0. The maximum atomic E-state index is 12.8. The lowest BCUT2D eigenvalue weighted by molar-refractivity contribution is -0.122. The second-order valence-electron chi connectivity index (χ2n) is 6.29. The summed E-state index contributed by atoms with van der Waals surface area (Å²) in [5, 5.41) is 8.00. The molecule has 1 N–H and O–H groups in total. The highest BCUT2D eigenvalue weighted by Gasteiger charge is 2.31. The fourth-order valence-corrected chi connectivity index (χ4v) is 3.36. The van der Waals surface area contributed by atoms with Crippen LogP contribution < -0.4 is 5.32 Å². The van der Waals surface area contributed by atoms with Crippen LogP contribution >= 0.6 is 12.2 Å². The third-order valence-corrected chi connectivity index (χ3v) is 4.82. The third-order valence-electron chi connectivity index (χ3n) is 4.49. The molecule has 4 rings (SSSR count). The molecule has 136 valence electrons. The Hall–Kier alpha value is -3.19. The zero-order chi connectivity index (χ0) is 19.0. The topological polar surface area (TPSA) is 63.3 Å². The van der Waals surface area contributed by atoms with Gasteiger partial charge in [0.05, 0.1) is 24.2 Å². The van der Waals surface area contributed by atoms with Gasteiger partial charge in [0.15, 0.2) is 5.11 Å². The summed E-state index contributed by atoms with van der Waals surface area (Å²) in [4.78, 5) is 14.3. The molecule has 0 radical (unpaired) electrons. The van der Waals surface area contributed by atoms with Crippen molar-refractivity contribution in [3.8, 4) is 5.69 Å². The number of aromatic nitrogens is 2. The van der Waals surface area contributed by atoms with E-state index >= 15 is 0 Å². The predicted molar refractivity (Wildman–Crippen MR) is 106 cm³/mol. The van der Waals surface area contributed by atoms with Crippen LogP contribution in [0.1, 0.15) is 22.7 Å². The van der Waals surface area contributed by atoms with Crippen LogP contribution in [0.2, 0.25) is 0 Å². The van der Waals surface area contributed by atoms with E-state index in [9.17, 15) is 4.79 Å². The maximum Gasteiger partial charge on any atom is 0.276 e. The van der Waals surface area contributed by atoms with Gasteiger partial charge in [0, 0.05) is 11.3 Å². The molecule has 0 bridgehead atoms. The van der Waals surface area contributed by atoms with Crippen molar-refractivity contribution in [2.45, 2.75) is 20.4 Å². The number of benzene rings is 1. The number of nitrogens with one attached hydrogen (secondary N) is 1. The Morgan fingerprint density at radius 2 is 1.96 bits per heavy atom. The van der Waals surface area contributed by atoms with Crippen LogP contribution in [0.25, 0.3) is 11.8 Å². The van der Waals surface area contributed by atoms with Crippen molar-refractivity contribution in [2.24, 2.45) is 0 Å². The Morgan fingerprint density at radius 1 is 1.19 bits per heavy atom. The van der Waals surface area contributed by atoms with Gasteiger partial charge in [-0.2, -0.15) is 5.10 Å². The van der Waals surface area contributed by atoms with Crippen LogP contribution in [0.5, 0.6) is 0 Å². The smallest absolute Gasteiger partial charge is 0.276 e. The lowest BCUT2D eigenvalue weighted by Crippen LogP contribution is -2.29. The highest BCUT2D eigenvalue weighted by molar-refractivity contribution is 7.80.